The quantitative estimate of drug-likeness (QED) is 0.642. The van der Waals surface area contributed by atoms with Gasteiger partial charge in [-0.25, -0.2) is 0 Å². The first-order valence-electron chi connectivity index (χ1n) is 7.57. The normalized spacial score (nSPS) is 21.9. The molecule has 0 bridgehead atoms. The van der Waals surface area contributed by atoms with E-state index >= 15 is 0 Å². The van der Waals surface area contributed by atoms with Crippen LogP contribution >= 0.6 is 0 Å². The van der Waals surface area contributed by atoms with Crippen molar-refractivity contribution in [3.05, 3.63) is 47.5 Å². The smallest absolute Gasteiger partial charge is 0.255 e. The molecule has 2 aliphatic rings. The van der Waals surface area contributed by atoms with Gasteiger partial charge in [-0.15, -0.1) is 6.58 Å². The Morgan fingerprint density at radius 1 is 1.39 bits per heavy atom. The number of hydrogen-bond acceptors (Lipinski definition) is 4. The van der Waals surface area contributed by atoms with E-state index in [1.807, 2.05) is 0 Å². The number of aliphatic hydroxyl groups is 1. The van der Waals surface area contributed by atoms with Crippen LogP contribution in [-0.2, 0) is 16.1 Å². The van der Waals surface area contributed by atoms with Gasteiger partial charge in [-0.05, 0) is 30.0 Å². The number of piperidine rings is 1. The minimum Gasteiger partial charge on any atom is -0.388 e. The molecule has 0 radical (unpaired) electrons. The molecule has 1 saturated heterocycles. The molecule has 1 fully saturated rings. The van der Waals surface area contributed by atoms with Crippen LogP contribution in [0.2, 0.25) is 0 Å². The monoisotopic (exact) mass is 314 g/mol. The lowest BCUT2D eigenvalue weighted by molar-refractivity contribution is -0.136. The number of aliphatic hydroxyl groups excluding tert-OH is 1. The Labute approximate surface area is 133 Å². The Morgan fingerprint density at radius 3 is 2.87 bits per heavy atom. The fourth-order valence-electron chi connectivity index (χ4n) is 3.10. The molecule has 1 aromatic rings. The van der Waals surface area contributed by atoms with Gasteiger partial charge in [-0.1, -0.05) is 18.2 Å². The fourth-order valence-corrected chi connectivity index (χ4v) is 3.10. The number of nitrogens with one attached hydrogen (secondary N) is 1. The van der Waals surface area contributed by atoms with Gasteiger partial charge in [0.2, 0.25) is 11.8 Å². The molecule has 0 saturated carbocycles. The van der Waals surface area contributed by atoms with Crippen LogP contribution in [-0.4, -0.2) is 33.8 Å². The molecule has 3 amide bonds. The van der Waals surface area contributed by atoms with E-state index in [9.17, 15) is 19.5 Å². The molecule has 6 heteroatoms. The van der Waals surface area contributed by atoms with Crippen LogP contribution in [0, 0.1) is 0 Å². The molecule has 120 valence electrons. The summed E-state index contributed by atoms with van der Waals surface area (Å²) in [4.78, 5) is 37.2. The molecule has 1 unspecified atom stereocenters. The lowest BCUT2D eigenvalue weighted by Crippen LogP contribution is -2.52. The highest BCUT2D eigenvalue weighted by molar-refractivity contribution is 6.05. The van der Waals surface area contributed by atoms with E-state index in [1.54, 1.807) is 24.3 Å². The Morgan fingerprint density at radius 2 is 2.17 bits per heavy atom. The van der Waals surface area contributed by atoms with E-state index in [0.29, 0.717) is 24.9 Å². The molecule has 1 aromatic carbocycles. The standard InChI is InChI=1S/C17H18N2O4/c1-2-3-14(20)10-4-5-12-11(8-10)9-19(17(12)23)13-6-7-15(21)18-16(13)22/h2,4-5,8,13-14,20H,1,3,6-7,9H2,(H,18,21,22)/t13-,14?/m0/s1. The first-order valence-corrected chi connectivity index (χ1v) is 7.57. The summed E-state index contributed by atoms with van der Waals surface area (Å²) in [6.45, 7) is 3.92. The van der Waals surface area contributed by atoms with Crippen LogP contribution in [0.25, 0.3) is 0 Å². The zero-order valence-corrected chi connectivity index (χ0v) is 12.6. The number of imide groups is 1. The second-order valence-corrected chi connectivity index (χ2v) is 5.86. The number of rotatable bonds is 4. The number of fused-ring (bicyclic) bond motifs is 1. The molecule has 0 spiro atoms. The van der Waals surface area contributed by atoms with Gasteiger partial charge in [0.15, 0.2) is 0 Å². The molecule has 23 heavy (non-hydrogen) atoms. The Hall–Kier alpha value is -2.47. The predicted molar refractivity (Wildman–Crippen MR) is 82.3 cm³/mol. The number of hydrogen-bond donors (Lipinski definition) is 2. The maximum absolute atomic E-state index is 12.5. The summed E-state index contributed by atoms with van der Waals surface area (Å²) >= 11 is 0. The molecular weight excluding hydrogens is 296 g/mol. The van der Waals surface area contributed by atoms with E-state index in [4.69, 9.17) is 0 Å². The SMILES string of the molecule is C=CCC(O)c1ccc2c(c1)CN([C@H]1CCC(=O)NC1=O)C2=O. The van der Waals surface area contributed by atoms with Gasteiger partial charge in [0, 0.05) is 18.5 Å². The second-order valence-electron chi connectivity index (χ2n) is 5.86. The fraction of sp³-hybridized carbons (Fsp3) is 0.353. The van der Waals surface area contributed by atoms with Crippen LogP contribution in [0.1, 0.15) is 46.9 Å². The van der Waals surface area contributed by atoms with Crippen molar-refractivity contribution in [2.45, 2.75) is 38.0 Å². The highest BCUT2D eigenvalue weighted by Crippen LogP contribution is 2.30. The molecule has 3 rings (SSSR count). The van der Waals surface area contributed by atoms with Crippen LogP contribution in [0.4, 0.5) is 0 Å². The Bertz CT molecular complexity index is 698. The average molecular weight is 314 g/mol. The molecule has 0 aromatic heterocycles. The van der Waals surface area contributed by atoms with Crippen LogP contribution in [0.5, 0.6) is 0 Å². The third-order valence-electron chi connectivity index (χ3n) is 4.32. The van der Waals surface area contributed by atoms with Crippen molar-refractivity contribution in [1.82, 2.24) is 10.2 Å². The number of benzene rings is 1. The topological polar surface area (TPSA) is 86.7 Å². The van der Waals surface area contributed by atoms with Crippen molar-refractivity contribution in [3.63, 3.8) is 0 Å². The van der Waals surface area contributed by atoms with Crippen LogP contribution in [0.3, 0.4) is 0 Å². The van der Waals surface area contributed by atoms with Gasteiger partial charge >= 0.3 is 0 Å². The molecular formula is C17H18N2O4. The van der Waals surface area contributed by atoms with Gasteiger partial charge in [0.1, 0.15) is 6.04 Å². The number of amides is 3. The summed E-state index contributed by atoms with van der Waals surface area (Å²) in [5, 5.41) is 12.3. The van der Waals surface area contributed by atoms with E-state index in [0.717, 1.165) is 11.1 Å². The highest BCUT2D eigenvalue weighted by Gasteiger charge is 2.39. The Kier molecular flexibility index (Phi) is 4.00. The minimum atomic E-state index is -0.655. The number of carbonyl (C=O) groups excluding carboxylic acids is 3. The van der Waals surface area contributed by atoms with Crippen molar-refractivity contribution in [1.29, 1.82) is 0 Å². The summed E-state index contributed by atoms with van der Waals surface area (Å²) in [7, 11) is 0. The van der Waals surface area contributed by atoms with Crippen molar-refractivity contribution in [2.75, 3.05) is 0 Å². The maximum atomic E-state index is 12.5. The van der Waals surface area contributed by atoms with Crippen molar-refractivity contribution >= 4 is 17.7 Å². The van der Waals surface area contributed by atoms with Gasteiger partial charge in [-0.3, -0.25) is 19.7 Å². The van der Waals surface area contributed by atoms with Crippen molar-refractivity contribution < 1.29 is 19.5 Å². The average Bonchev–Trinajstić information content (AvgIpc) is 2.84. The van der Waals surface area contributed by atoms with E-state index in [2.05, 4.69) is 11.9 Å². The van der Waals surface area contributed by atoms with E-state index < -0.39 is 18.1 Å². The third-order valence-corrected chi connectivity index (χ3v) is 4.32. The van der Waals surface area contributed by atoms with Gasteiger partial charge in [0.05, 0.1) is 6.10 Å². The van der Waals surface area contributed by atoms with Gasteiger partial charge < -0.3 is 10.0 Å². The summed E-state index contributed by atoms with van der Waals surface area (Å²) in [5.41, 5.74) is 2.06. The zero-order chi connectivity index (χ0) is 16.6. The van der Waals surface area contributed by atoms with Crippen molar-refractivity contribution in [2.24, 2.45) is 0 Å². The largest absolute Gasteiger partial charge is 0.388 e. The Balaban J connectivity index is 1.83. The minimum absolute atomic E-state index is 0.209. The van der Waals surface area contributed by atoms with Gasteiger partial charge in [-0.2, -0.15) is 0 Å². The molecule has 2 N–H and O–H groups in total. The van der Waals surface area contributed by atoms with Crippen molar-refractivity contribution in [3.8, 4) is 0 Å². The van der Waals surface area contributed by atoms with Crippen LogP contribution in [0.15, 0.2) is 30.9 Å². The number of carbonyl (C=O) groups is 3. The highest BCUT2D eigenvalue weighted by atomic mass is 16.3. The first kappa shape index (κ1) is 15.4. The summed E-state index contributed by atoms with van der Waals surface area (Å²) in [5.74, 6) is -0.932. The van der Waals surface area contributed by atoms with Gasteiger partial charge in [0.25, 0.3) is 5.91 Å². The lowest BCUT2D eigenvalue weighted by atomic mass is 10.0. The first-order chi connectivity index (χ1) is 11.0. The predicted octanol–water partition coefficient (Wildman–Crippen LogP) is 1.06. The summed E-state index contributed by atoms with van der Waals surface area (Å²) in [6, 6.07) is 4.59. The van der Waals surface area contributed by atoms with E-state index in [-0.39, 0.29) is 18.2 Å². The molecule has 2 aliphatic heterocycles. The molecule has 0 aliphatic carbocycles. The third kappa shape index (κ3) is 2.77. The van der Waals surface area contributed by atoms with E-state index in [1.165, 1.54) is 4.90 Å². The van der Waals surface area contributed by atoms with Crippen LogP contribution < -0.4 is 5.32 Å². The second kappa shape index (κ2) is 5.96. The number of nitrogens with zero attached hydrogens (tertiary/aromatic N) is 1. The maximum Gasteiger partial charge on any atom is 0.255 e. The summed E-state index contributed by atoms with van der Waals surface area (Å²) < 4.78 is 0. The zero-order valence-electron chi connectivity index (χ0n) is 12.6. The summed E-state index contributed by atoms with van der Waals surface area (Å²) in [6.07, 6.45) is 2.00. The lowest BCUT2D eigenvalue weighted by Gasteiger charge is -2.29. The molecule has 2 atom stereocenters. The molecule has 2 heterocycles. The molecule has 6 nitrogen and oxygen atoms in total.